The number of benzene rings is 1. The normalized spacial score (nSPS) is 11.6. The predicted octanol–water partition coefficient (Wildman–Crippen LogP) is 3.53. The van der Waals surface area contributed by atoms with Crippen molar-refractivity contribution in [2.45, 2.75) is 19.4 Å². The second-order valence-corrected chi connectivity index (χ2v) is 6.89. The summed E-state index contributed by atoms with van der Waals surface area (Å²) in [4.78, 5) is 29.1. The zero-order valence-corrected chi connectivity index (χ0v) is 15.7. The Kier molecular flexibility index (Phi) is 7.28. The summed E-state index contributed by atoms with van der Waals surface area (Å²) in [7, 11) is 0. The number of hydrogen-bond acceptors (Lipinski definition) is 4. The van der Waals surface area contributed by atoms with Gasteiger partial charge in [0.25, 0.3) is 5.91 Å². The first-order chi connectivity index (χ1) is 12.0. The first-order valence-corrected chi connectivity index (χ1v) is 9.56. The van der Waals surface area contributed by atoms with Crippen molar-refractivity contribution in [3.8, 4) is 0 Å². The van der Waals surface area contributed by atoms with Gasteiger partial charge in [-0.05, 0) is 55.2 Å². The van der Waals surface area contributed by atoms with Gasteiger partial charge >= 0.3 is 0 Å². The van der Waals surface area contributed by atoms with Crippen LogP contribution in [-0.4, -0.2) is 34.8 Å². The summed E-state index contributed by atoms with van der Waals surface area (Å²) in [5.41, 5.74) is 1.34. The van der Waals surface area contributed by atoms with Gasteiger partial charge in [0.2, 0.25) is 5.91 Å². The van der Waals surface area contributed by atoms with E-state index in [1.54, 1.807) is 48.3 Å². The molecule has 0 radical (unpaired) electrons. The second-order valence-electron chi connectivity index (χ2n) is 5.50. The molecule has 2 aromatic rings. The molecule has 0 aliphatic rings. The van der Waals surface area contributed by atoms with E-state index in [1.807, 2.05) is 19.2 Å². The average Bonchev–Trinajstić information content (AvgIpc) is 2.58. The van der Waals surface area contributed by atoms with Crippen LogP contribution in [0.2, 0.25) is 5.02 Å². The quantitative estimate of drug-likeness (QED) is 0.774. The fourth-order valence-electron chi connectivity index (χ4n) is 2.20. The van der Waals surface area contributed by atoms with Gasteiger partial charge < -0.3 is 10.6 Å². The summed E-state index contributed by atoms with van der Waals surface area (Å²) in [6.45, 7) is 1.92. The fraction of sp³-hybridized carbons (Fsp3) is 0.278. The summed E-state index contributed by atoms with van der Waals surface area (Å²) < 4.78 is 0. The van der Waals surface area contributed by atoms with Gasteiger partial charge in [-0.15, -0.1) is 0 Å². The summed E-state index contributed by atoms with van der Waals surface area (Å²) >= 11 is 7.67. The van der Waals surface area contributed by atoms with Gasteiger partial charge in [0, 0.05) is 6.20 Å². The zero-order chi connectivity index (χ0) is 18.2. The van der Waals surface area contributed by atoms with Crippen LogP contribution in [-0.2, 0) is 4.79 Å². The molecule has 0 spiro atoms. The highest BCUT2D eigenvalue weighted by Crippen LogP contribution is 2.15. The van der Waals surface area contributed by atoms with Crippen LogP contribution in [0.3, 0.4) is 0 Å². The number of pyridine rings is 1. The molecule has 1 unspecified atom stereocenters. The zero-order valence-electron chi connectivity index (χ0n) is 14.1. The number of anilines is 1. The van der Waals surface area contributed by atoms with E-state index in [0.29, 0.717) is 22.8 Å². The molecule has 1 aromatic heterocycles. The van der Waals surface area contributed by atoms with Gasteiger partial charge in [0.1, 0.15) is 11.9 Å². The smallest absolute Gasteiger partial charge is 0.253 e. The third-order valence-corrected chi connectivity index (χ3v) is 4.49. The van der Waals surface area contributed by atoms with E-state index in [2.05, 4.69) is 15.6 Å². The second kappa shape index (κ2) is 9.44. The van der Waals surface area contributed by atoms with Gasteiger partial charge in [-0.1, -0.05) is 23.7 Å². The highest BCUT2D eigenvalue weighted by molar-refractivity contribution is 7.98. The van der Waals surface area contributed by atoms with Crippen molar-refractivity contribution >= 4 is 41.0 Å². The van der Waals surface area contributed by atoms with Crippen LogP contribution in [0.4, 0.5) is 5.82 Å². The Morgan fingerprint density at radius 2 is 2.04 bits per heavy atom. The number of nitrogens with zero attached hydrogens (tertiary/aromatic N) is 1. The molecular formula is C18H20ClN3O2S. The SMILES string of the molecule is CSCCC(NC(=O)c1ccccc1Cl)C(=O)Nc1cc(C)ccn1. The Balaban J connectivity index is 2.10. The average molecular weight is 378 g/mol. The van der Waals surface area contributed by atoms with E-state index in [-0.39, 0.29) is 11.8 Å². The first-order valence-electron chi connectivity index (χ1n) is 7.79. The van der Waals surface area contributed by atoms with E-state index in [4.69, 9.17) is 11.6 Å². The molecule has 0 aliphatic carbocycles. The molecule has 2 amide bonds. The summed E-state index contributed by atoms with van der Waals surface area (Å²) in [6.07, 6.45) is 4.09. The van der Waals surface area contributed by atoms with Gasteiger partial charge in [-0.3, -0.25) is 9.59 Å². The number of thioether (sulfide) groups is 1. The molecule has 7 heteroatoms. The van der Waals surface area contributed by atoms with Crippen molar-refractivity contribution in [1.29, 1.82) is 0 Å². The van der Waals surface area contributed by atoms with E-state index in [0.717, 1.165) is 11.3 Å². The maximum Gasteiger partial charge on any atom is 0.253 e. The molecule has 0 fully saturated rings. The lowest BCUT2D eigenvalue weighted by atomic mass is 10.1. The molecule has 2 N–H and O–H groups in total. The maximum absolute atomic E-state index is 12.6. The topological polar surface area (TPSA) is 71.1 Å². The predicted molar refractivity (Wildman–Crippen MR) is 103 cm³/mol. The van der Waals surface area contributed by atoms with Crippen LogP contribution in [0.15, 0.2) is 42.6 Å². The highest BCUT2D eigenvalue weighted by Gasteiger charge is 2.22. The van der Waals surface area contributed by atoms with Crippen LogP contribution in [0.1, 0.15) is 22.3 Å². The molecule has 0 saturated carbocycles. The summed E-state index contributed by atoms with van der Waals surface area (Å²) in [5, 5.41) is 5.87. The van der Waals surface area contributed by atoms with Crippen molar-refractivity contribution in [2.24, 2.45) is 0 Å². The van der Waals surface area contributed by atoms with Crippen molar-refractivity contribution in [2.75, 3.05) is 17.3 Å². The number of hydrogen-bond donors (Lipinski definition) is 2. The molecule has 1 atom stereocenters. The standard InChI is InChI=1S/C18H20ClN3O2S/c1-12-7-9-20-16(11-12)22-18(24)15(8-10-25-2)21-17(23)13-5-3-4-6-14(13)19/h3-7,9,11,15H,8,10H2,1-2H3,(H,21,23)(H,20,22,24). The lowest BCUT2D eigenvalue weighted by Gasteiger charge is -2.18. The molecule has 5 nitrogen and oxygen atoms in total. The van der Waals surface area contributed by atoms with Crippen molar-refractivity contribution < 1.29 is 9.59 Å². The molecule has 132 valence electrons. The van der Waals surface area contributed by atoms with Crippen LogP contribution in [0.5, 0.6) is 0 Å². The number of aromatic nitrogens is 1. The summed E-state index contributed by atoms with van der Waals surface area (Å²) in [5.74, 6) is 0.532. The third-order valence-electron chi connectivity index (χ3n) is 3.52. The minimum absolute atomic E-state index is 0.299. The maximum atomic E-state index is 12.6. The Labute approximate surface area is 156 Å². The molecule has 2 rings (SSSR count). The Bertz CT molecular complexity index is 755. The number of carbonyl (C=O) groups is 2. The lowest BCUT2D eigenvalue weighted by Crippen LogP contribution is -2.44. The Hall–Kier alpha value is -2.05. The van der Waals surface area contributed by atoms with Crippen molar-refractivity contribution in [1.82, 2.24) is 10.3 Å². The molecule has 25 heavy (non-hydrogen) atoms. The van der Waals surface area contributed by atoms with Crippen LogP contribution in [0, 0.1) is 6.92 Å². The molecule has 0 aliphatic heterocycles. The molecular weight excluding hydrogens is 358 g/mol. The lowest BCUT2D eigenvalue weighted by molar-refractivity contribution is -0.118. The Morgan fingerprint density at radius 1 is 1.28 bits per heavy atom. The minimum Gasteiger partial charge on any atom is -0.340 e. The Morgan fingerprint density at radius 3 is 2.72 bits per heavy atom. The number of carbonyl (C=O) groups excluding carboxylic acids is 2. The fourth-order valence-corrected chi connectivity index (χ4v) is 2.90. The monoisotopic (exact) mass is 377 g/mol. The van der Waals surface area contributed by atoms with Crippen molar-refractivity contribution in [3.05, 3.63) is 58.7 Å². The van der Waals surface area contributed by atoms with Gasteiger partial charge in [0.15, 0.2) is 0 Å². The van der Waals surface area contributed by atoms with Crippen LogP contribution in [0.25, 0.3) is 0 Å². The first kappa shape index (κ1) is 19.3. The number of aryl methyl sites for hydroxylation is 1. The highest BCUT2D eigenvalue weighted by atomic mass is 35.5. The summed E-state index contributed by atoms with van der Waals surface area (Å²) in [6, 6.07) is 9.71. The molecule has 0 bridgehead atoms. The van der Waals surface area contributed by atoms with E-state index in [1.165, 1.54) is 0 Å². The van der Waals surface area contributed by atoms with Gasteiger partial charge in [-0.2, -0.15) is 11.8 Å². The van der Waals surface area contributed by atoms with Crippen LogP contribution < -0.4 is 10.6 Å². The number of amides is 2. The van der Waals surface area contributed by atoms with E-state index >= 15 is 0 Å². The number of nitrogens with one attached hydrogen (secondary N) is 2. The van der Waals surface area contributed by atoms with E-state index < -0.39 is 6.04 Å². The largest absolute Gasteiger partial charge is 0.340 e. The minimum atomic E-state index is -0.668. The molecule has 0 saturated heterocycles. The van der Waals surface area contributed by atoms with Crippen molar-refractivity contribution in [3.63, 3.8) is 0 Å². The number of halogens is 1. The van der Waals surface area contributed by atoms with Gasteiger partial charge in [-0.25, -0.2) is 4.98 Å². The van der Waals surface area contributed by atoms with Crippen LogP contribution >= 0.6 is 23.4 Å². The number of rotatable bonds is 7. The van der Waals surface area contributed by atoms with E-state index in [9.17, 15) is 9.59 Å². The van der Waals surface area contributed by atoms with Gasteiger partial charge in [0.05, 0.1) is 10.6 Å². The molecule has 1 aromatic carbocycles. The molecule has 1 heterocycles. The third kappa shape index (κ3) is 5.76.